The molecule has 0 aliphatic rings. The van der Waals surface area contributed by atoms with Crippen molar-refractivity contribution in [2.45, 2.75) is 5.41 Å². The minimum atomic E-state index is -4.48. The van der Waals surface area contributed by atoms with Crippen LogP contribution in [0.3, 0.4) is 0 Å². The van der Waals surface area contributed by atoms with E-state index in [0.717, 1.165) is 16.3 Å². The van der Waals surface area contributed by atoms with E-state index in [4.69, 9.17) is 0 Å². The molecule has 0 saturated heterocycles. The molecular formula is C25H20N2O3S. The molecule has 0 unspecified atom stereocenters. The summed E-state index contributed by atoms with van der Waals surface area (Å²) in [6.07, 6.45) is 0. The summed E-state index contributed by atoms with van der Waals surface area (Å²) in [5.74, 6) is -0.819. The Morgan fingerprint density at radius 3 is 1.77 bits per heavy atom. The molecule has 4 aromatic rings. The molecule has 0 bridgehead atoms. The van der Waals surface area contributed by atoms with Gasteiger partial charge in [0.1, 0.15) is 5.41 Å². The van der Waals surface area contributed by atoms with E-state index in [1.54, 1.807) is 0 Å². The van der Waals surface area contributed by atoms with Crippen LogP contribution in [0, 0.1) is 0 Å². The summed E-state index contributed by atoms with van der Waals surface area (Å²) in [5, 5.41) is 1.99. The molecule has 0 amide bonds. The highest BCUT2D eigenvalue weighted by atomic mass is 32.2. The van der Waals surface area contributed by atoms with Crippen LogP contribution in [0.1, 0.15) is 16.7 Å². The highest BCUT2D eigenvalue weighted by Gasteiger charge is 2.49. The third kappa shape index (κ3) is 3.92. The molecule has 0 aliphatic carbocycles. The molecule has 31 heavy (non-hydrogen) atoms. The predicted molar refractivity (Wildman–Crippen MR) is 122 cm³/mol. The van der Waals surface area contributed by atoms with E-state index < -0.39 is 21.3 Å². The van der Waals surface area contributed by atoms with Gasteiger partial charge in [0, 0.05) is 0 Å². The smallest absolute Gasteiger partial charge is 0.305 e. The summed E-state index contributed by atoms with van der Waals surface area (Å²) in [5.41, 5.74) is 10.9. The molecule has 0 atom stereocenters. The lowest BCUT2D eigenvalue weighted by molar-refractivity contribution is -0.0122. The second-order valence-corrected chi connectivity index (χ2v) is 8.77. The maximum atomic E-state index is 11.9. The normalized spacial score (nSPS) is 11.8. The van der Waals surface area contributed by atoms with Crippen molar-refractivity contribution in [3.05, 3.63) is 125 Å². The zero-order valence-electron chi connectivity index (χ0n) is 16.6. The van der Waals surface area contributed by atoms with Crippen LogP contribution in [0.4, 0.5) is 0 Å². The van der Waals surface area contributed by atoms with Crippen LogP contribution in [0.5, 0.6) is 0 Å². The van der Waals surface area contributed by atoms with E-state index in [1.807, 2.05) is 103 Å². The van der Waals surface area contributed by atoms with Gasteiger partial charge in [0.2, 0.25) is 0 Å². The Bertz CT molecular complexity index is 1340. The SMILES string of the molecule is [N-]=[N+]=C(CS(=O)(=O)O)C(c1ccccc1)(c1ccccc1)c1ccc2ccccc2c1. The van der Waals surface area contributed by atoms with Crippen LogP contribution in [-0.4, -0.2) is 29.2 Å². The van der Waals surface area contributed by atoms with Gasteiger partial charge in [-0.15, -0.1) is 0 Å². The lowest BCUT2D eigenvalue weighted by atomic mass is 9.66. The van der Waals surface area contributed by atoms with E-state index >= 15 is 0 Å². The molecule has 5 nitrogen and oxygen atoms in total. The van der Waals surface area contributed by atoms with Crippen LogP contribution < -0.4 is 0 Å². The van der Waals surface area contributed by atoms with Crippen molar-refractivity contribution in [3.63, 3.8) is 0 Å². The lowest BCUT2D eigenvalue weighted by Crippen LogP contribution is -2.42. The van der Waals surface area contributed by atoms with Crippen molar-refractivity contribution < 1.29 is 17.8 Å². The van der Waals surface area contributed by atoms with Crippen molar-refractivity contribution in [3.8, 4) is 0 Å². The van der Waals surface area contributed by atoms with Gasteiger partial charge in [-0.25, -0.2) is 0 Å². The molecule has 0 radical (unpaired) electrons. The van der Waals surface area contributed by atoms with E-state index in [0.29, 0.717) is 11.1 Å². The van der Waals surface area contributed by atoms with Crippen LogP contribution in [0.15, 0.2) is 103 Å². The second kappa shape index (κ2) is 8.28. The highest BCUT2D eigenvalue weighted by Crippen LogP contribution is 2.41. The molecular weight excluding hydrogens is 408 g/mol. The van der Waals surface area contributed by atoms with Gasteiger partial charge in [0.05, 0.1) is 0 Å². The van der Waals surface area contributed by atoms with Crippen molar-refractivity contribution in [1.82, 2.24) is 0 Å². The Kier molecular flexibility index (Phi) is 5.53. The third-order valence-corrected chi connectivity index (χ3v) is 6.11. The summed E-state index contributed by atoms with van der Waals surface area (Å²) in [7, 11) is -4.48. The number of benzene rings is 4. The fourth-order valence-corrected chi connectivity index (χ4v) is 4.80. The standard InChI is InChI=1S/C25H20N2O3S/c26-27-24(18-31(28,29)30)25(21-11-3-1-4-12-21,22-13-5-2-6-14-22)23-16-15-19-9-7-8-10-20(19)17-23/h1-17H,18H2,(H,28,29,30). The highest BCUT2D eigenvalue weighted by molar-refractivity contribution is 7.86. The zero-order chi connectivity index (χ0) is 21.9. The van der Waals surface area contributed by atoms with Gasteiger partial charge >= 0.3 is 5.71 Å². The maximum absolute atomic E-state index is 11.9. The summed E-state index contributed by atoms with van der Waals surface area (Å²) >= 11 is 0. The molecule has 1 N–H and O–H groups in total. The van der Waals surface area contributed by atoms with Crippen LogP contribution in [0.25, 0.3) is 16.3 Å². The Hall–Kier alpha value is -3.57. The molecule has 0 heterocycles. The molecule has 0 aromatic heterocycles. The van der Waals surface area contributed by atoms with Crippen molar-refractivity contribution >= 4 is 26.6 Å². The predicted octanol–water partition coefficient (Wildman–Crippen LogP) is 4.73. The first kappa shape index (κ1) is 20.7. The molecule has 0 spiro atoms. The van der Waals surface area contributed by atoms with Crippen LogP contribution in [-0.2, 0) is 15.5 Å². The van der Waals surface area contributed by atoms with Gasteiger partial charge in [-0.05, 0) is 33.5 Å². The monoisotopic (exact) mass is 428 g/mol. The third-order valence-electron chi connectivity index (χ3n) is 5.47. The molecule has 154 valence electrons. The first-order valence-corrected chi connectivity index (χ1v) is 11.3. The second-order valence-electron chi connectivity index (χ2n) is 7.32. The zero-order valence-corrected chi connectivity index (χ0v) is 17.4. The first-order chi connectivity index (χ1) is 14.9. The van der Waals surface area contributed by atoms with Crippen molar-refractivity contribution in [2.75, 3.05) is 5.75 Å². The minimum Gasteiger partial charge on any atom is -0.361 e. The number of hydrogen-bond acceptors (Lipinski definition) is 2. The van der Waals surface area contributed by atoms with Gasteiger partial charge in [-0.1, -0.05) is 97.1 Å². The number of fused-ring (bicyclic) bond motifs is 1. The van der Waals surface area contributed by atoms with Gasteiger partial charge in [0.25, 0.3) is 10.1 Å². The lowest BCUT2D eigenvalue weighted by Gasteiger charge is -2.32. The van der Waals surface area contributed by atoms with Crippen molar-refractivity contribution in [2.24, 2.45) is 0 Å². The number of nitrogens with zero attached hydrogens (tertiary/aromatic N) is 2. The summed E-state index contributed by atoms with van der Waals surface area (Å²) in [6, 6.07) is 32.2. The topological polar surface area (TPSA) is 90.8 Å². The quantitative estimate of drug-likeness (QED) is 0.158. The Morgan fingerprint density at radius 1 is 0.742 bits per heavy atom. The Balaban J connectivity index is 2.15. The fourth-order valence-electron chi connectivity index (χ4n) is 4.18. The van der Waals surface area contributed by atoms with Crippen molar-refractivity contribution in [1.29, 1.82) is 0 Å². The molecule has 0 saturated carbocycles. The number of hydrogen-bond donors (Lipinski definition) is 1. The summed E-state index contributed by atoms with van der Waals surface area (Å²) < 4.78 is 33.5. The molecule has 4 aromatic carbocycles. The molecule has 0 aliphatic heterocycles. The summed E-state index contributed by atoms with van der Waals surface area (Å²) in [6.45, 7) is 0. The van der Waals surface area contributed by atoms with Crippen LogP contribution in [0.2, 0.25) is 0 Å². The van der Waals surface area contributed by atoms with E-state index in [-0.39, 0.29) is 5.71 Å². The van der Waals surface area contributed by atoms with E-state index in [1.165, 1.54) is 0 Å². The van der Waals surface area contributed by atoms with Crippen LogP contribution >= 0.6 is 0 Å². The minimum absolute atomic E-state index is 0.0947. The van der Waals surface area contributed by atoms with Gasteiger partial charge in [0.15, 0.2) is 5.75 Å². The molecule has 6 heteroatoms. The Morgan fingerprint density at radius 2 is 1.26 bits per heavy atom. The van der Waals surface area contributed by atoms with Gasteiger partial charge < -0.3 is 5.53 Å². The van der Waals surface area contributed by atoms with Gasteiger partial charge in [-0.2, -0.15) is 13.2 Å². The summed E-state index contributed by atoms with van der Waals surface area (Å²) in [4.78, 5) is 3.43. The molecule has 0 fully saturated rings. The average Bonchev–Trinajstić information content (AvgIpc) is 2.79. The largest absolute Gasteiger partial charge is 0.361 e. The van der Waals surface area contributed by atoms with E-state index in [2.05, 4.69) is 4.79 Å². The van der Waals surface area contributed by atoms with Gasteiger partial charge in [-0.3, -0.25) is 4.55 Å². The fraction of sp³-hybridized carbons (Fsp3) is 0.0800. The number of rotatable bonds is 6. The molecule has 4 rings (SSSR count). The maximum Gasteiger partial charge on any atom is 0.305 e. The first-order valence-electron chi connectivity index (χ1n) is 9.72. The Labute approximate surface area is 181 Å². The average molecular weight is 429 g/mol. The van der Waals surface area contributed by atoms with E-state index in [9.17, 15) is 18.5 Å².